The second-order valence-corrected chi connectivity index (χ2v) is 6.18. The van der Waals surface area contributed by atoms with Gasteiger partial charge in [0.15, 0.2) is 5.82 Å². The van der Waals surface area contributed by atoms with E-state index in [1.165, 1.54) is 0 Å². The fourth-order valence-electron chi connectivity index (χ4n) is 1.97. The molecule has 0 aromatic carbocycles. The van der Waals surface area contributed by atoms with Crippen LogP contribution in [0.15, 0.2) is 0 Å². The van der Waals surface area contributed by atoms with Crippen LogP contribution in [0.3, 0.4) is 0 Å². The lowest BCUT2D eigenvalue weighted by molar-refractivity contribution is 0.0501. The van der Waals surface area contributed by atoms with Crippen molar-refractivity contribution in [2.24, 2.45) is 0 Å². The van der Waals surface area contributed by atoms with Crippen LogP contribution >= 0.6 is 34.2 Å². The summed E-state index contributed by atoms with van der Waals surface area (Å²) in [4.78, 5) is 8.98. The van der Waals surface area contributed by atoms with Crippen LogP contribution in [0.2, 0.25) is 5.15 Å². The second-order valence-electron chi connectivity index (χ2n) is 4.74. The monoisotopic (exact) mass is 366 g/mol. The van der Waals surface area contributed by atoms with E-state index in [2.05, 4.69) is 53.3 Å². The molecule has 1 saturated heterocycles. The van der Waals surface area contributed by atoms with E-state index in [9.17, 15) is 0 Å². The maximum atomic E-state index is 6.16. The Kier molecular flexibility index (Phi) is 4.26. The lowest BCUT2D eigenvalue weighted by Gasteiger charge is -2.14. The van der Waals surface area contributed by atoms with E-state index in [1.54, 1.807) is 0 Å². The molecular formula is C12H16ClIN2O. The number of hydrogen-bond acceptors (Lipinski definition) is 3. The highest BCUT2D eigenvalue weighted by atomic mass is 127. The molecule has 0 aliphatic carbocycles. The molecule has 2 heterocycles. The molecule has 2 atom stereocenters. The quantitative estimate of drug-likeness (QED) is 0.584. The smallest absolute Gasteiger partial charge is 0.159 e. The van der Waals surface area contributed by atoms with Gasteiger partial charge in [0, 0.05) is 0 Å². The third-order valence-corrected chi connectivity index (χ3v) is 4.58. The summed E-state index contributed by atoms with van der Waals surface area (Å²) < 4.78 is 6.74. The fraction of sp³-hybridized carbons (Fsp3) is 0.667. The number of aromatic nitrogens is 2. The maximum absolute atomic E-state index is 6.16. The Labute approximate surface area is 120 Å². The van der Waals surface area contributed by atoms with E-state index in [4.69, 9.17) is 16.3 Å². The van der Waals surface area contributed by atoms with Crippen molar-refractivity contribution in [3.8, 4) is 0 Å². The molecule has 2 unspecified atom stereocenters. The van der Waals surface area contributed by atoms with Crippen LogP contribution in [0.25, 0.3) is 0 Å². The van der Waals surface area contributed by atoms with Crippen LogP contribution in [-0.4, -0.2) is 16.1 Å². The zero-order valence-electron chi connectivity index (χ0n) is 10.2. The molecular weight excluding hydrogens is 351 g/mol. The minimum absolute atomic E-state index is 0.0111. The van der Waals surface area contributed by atoms with Crippen LogP contribution in [0, 0.1) is 3.57 Å². The first-order chi connectivity index (χ1) is 7.99. The summed E-state index contributed by atoms with van der Waals surface area (Å²) in [5.41, 5.74) is 1.02. The van der Waals surface area contributed by atoms with Crippen molar-refractivity contribution < 1.29 is 4.74 Å². The van der Waals surface area contributed by atoms with Gasteiger partial charge >= 0.3 is 0 Å². The van der Waals surface area contributed by atoms with Gasteiger partial charge in [-0.1, -0.05) is 25.4 Å². The molecule has 0 amide bonds. The first-order valence-corrected chi connectivity index (χ1v) is 7.33. The van der Waals surface area contributed by atoms with E-state index in [0.29, 0.717) is 17.2 Å². The molecule has 1 aromatic heterocycles. The minimum atomic E-state index is 0.0111. The van der Waals surface area contributed by atoms with Gasteiger partial charge in [-0.05, 0) is 48.3 Å². The molecule has 0 radical (unpaired) electrons. The summed E-state index contributed by atoms with van der Waals surface area (Å²) in [6.45, 7) is 6.31. The fourth-order valence-corrected chi connectivity index (χ4v) is 3.02. The Morgan fingerprint density at radius 1 is 1.35 bits per heavy atom. The van der Waals surface area contributed by atoms with Gasteiger partial charge in [-0.15, -0.1) is 0 Å². The molecule has 5 heteroatoms. The van der Waals surface area contributed by atoms with Gasteiger partial charge in [-0.2, -0.15) is 0 Å². The molecule has 0 spiro atoms. The summed E-state index contributed by atoms with van der Waals surface area (Å²) >= 11 is 8.37. The molecule has 1 fully saturated rings. The van der Waals surface area contributed by atoms with Crippen molar-refractivity contribution >= 4 is 34.2 Å². The Morgan fingerprint density at radius 2 is 2.06 bits per heavy atom. The number of halogens is 2. The van der Waals surface area contributed by atoms with Crippen molar-refractivity contribution in [1.82, 2.24) is 9.97 Å². The molecule has 1 aliphatic heterocycles. The van der Waals surface area contributed by atoms with Gasteiger partial charge in [-0.25, -0.2) is 9.97 Å². The molecule has 0 saturated carbocycles. The van der Waals surface area contributed by atoms with E-state index in [-0.39, 0.29) is 6.10 Å². The van der Waals surface area contributed by atoms with Crippen molar-refractivity contribution in [1.29, 1.82) is 0 Å². The van der Waals surface area contributed by atoms with Crippen LogP contribution in [0.1, 0.15) is 57.2 Å². The van der Waals surface area contributed by atoms with Crippen LogP contribution in [0.5, 0.6) is 0 Å². The van der Waals surface area contributed by atoms with Crippen LogP contribution < -0.4 is 0 Å². The first kappa shape index (κ1) is 13.5. The second kappa shape index (κ2) is 5.36. The summed E-state index contributed by atoms with van der Waals surface area (Å²) in [6.07, 6.45) is 2.35. The van der Waals surface area contributed by atoms with Crippen molar-refractivity contribution in [2.45, 2.75) is 51.7 Å². The molecule has 0 bridgehead atoms. The number of rotatable bonds is 2. The summed E-state index contributed by atoms with van der Waals surface area (Å²) in [5, 5.41) is 0.544. The van der Waals surface area contributed by atoms with Crippen LogP contribution in [-0.2, 0) is 4.74 Å². The Bertz CT molecular complexity index is 425. The van der Waals surface area contributed by atoms with Gasteiger partial charge in [-0.3, -0.25) is 0 Å². The molecule has 17 heavy (non-hydrogen) atoms. The number of nitrogens with zero attached hydrogens (tertiary/aromatic N) is 2. The SMILES string of the molecule is CC1CCC(c2nc(Cl)c(I)c(C(C)C)n2)O1. The highest BCUT2D eigenvalue weighted by Crippen LogP contribution is 2.33. The van der Waals surface area contributed by atoms with Gasteiger partial charge < -0.3 is 4.74 Å². The maximum Gasteiger partial charge on any atom is 0.159 e. The normalized spacial score (nSPS) is 24.6. The zero-order valence-corrected chi connectivity index (χ0v) is 13.1. The summed E-state index contributed by atoms with van der Waals surface area (Å²) in [6, 6.07) is 0. The molecule has 3 nitrogen and oxygen atoms in total. The van der Waals surface area contributed by atoms with Crippen LogP contribution in [0.4, 0.5) is 0 Å². The van der Waals surface area contributed by atoms with Crippen molar-refractivity contribution in [3.63, 3.8) is 0 Å². The molecule has 0 N–H and O–H groups in total. The lowest BCUT2D eigenvalue weighted by atomic mass is 10.1. The lowest BCUT2D eigenvalue weighted by Crippen LogP contribution is -2.10. The van der Waals surface area contributed by atoms with E-state index in [0.717, 1.165) is 27.9 Å². The van der Waals surface area contributed by atoms with Gasteiger partial charge in [0.1, 0.15) is 11.3 Å². The first-order valence-electron chi connectivity index (χ1n) is 5.87. The van der Waals surface area contributed by atoms with Gasteiger partial charge in [0.05, 0.1) is 15.4 Å². The Morgan fingerprint density at radius 3 is 2.59 bits per heavy atom. The predicted octanol–water partition coefficient (Wildman–Crippen LogP) is 4.10. The largest absolute Gasteiger partial charge is 0.367 e. The standard InChI is InChI=1S/C12H16ClIN2O/c1-6(2)10-9(14)11(13)16-12(15-10)8-5-4-7(3)17-8/h6-8H,4-5H2,1-3H3. The highest BCUT2D eigenvalue weighted by molar-refractivity contribution is 14.1. The van der Waals surface area contributed by atoms with E-state index < -0.39 is 0 Å². The third kappa shape index (κ3) is 2.90. The van der Waals surface area contributed by atoms with E-state index in [1.807, 2.05) is 0 Å². The number of ether oxygens (including phenoxy) is 1. The van der Waals surface area contributed by atoms with E-state index >= 15 is 0 Å². The minimum Gasteiger partial charge on any atom is -0.367 e. The Hall–Kier alpha value is 0.0600. The average molecular weight is 367 g/mol. The third-order valence-electron chi connectivity index (χ3n) is 2.92. The van der Waals surface area contributed by atoms with Gasteiger partial charge in [0.25, 0.3) is 0 Å². The summed E-state index contributed by atoms with van der Waals surface area (Å²) in [7, 11) is 0. The van der Waals surface area contributed by atoms with Crippen molar-refractivity contribution in [3.05, 3.63) is 20.2 Å². The topological polar surface area (TPSA) is 35.0 Å². The average Bonchev–Trinajstić information content (AvgIpc) is 2.68. The van der Waals surface area contributed by atoms with Gasteiger partial charge in [0.2, 0.25) is 0 Å². The highest BCUT2D eigenvalue weighted by Gasteiger charge is 2.27. The molecule has 1 aliphatic rings. The summed E-state index contributed by atoms with van der Waals surface area (Å²) in [5.74, 6) is 1.09. The van der Waals surface area contributed by atoms with Crippen molar-refractivity contribution in [2.75, 3.05) is 0 Å². The predicted molar refractivity (Wildman–Crippen MR) is 76.4 cm³/mol. The molecule has 2 rings (SSSR count). The molecule has 94 valence electrons. The number of hydrogen-bond donors (Lipinski definition) is 0. The zero-order chi connectivity index (χ0) is 12.6. The Balaban J connectivity index is 2.35. The molecule has 1 aromatic rings.